The molecule has 4 heteroatoms. The third-order valence-electron chi connectivity index (χ3n) is 9.11. The maximum absolute atomic E-state index is 12.2. The van der Waals surface area contributed by atoms with E-state index in [1.807, 2.05) is 0 Å². The first-order valence-electron chi connectivity index (χ1n) is 21.4. The van der Waals surface area contributed by atoms with Gasteiger partial charge in [0.15, 0.2) is 0 Å². The molecule has 0 amide bonds. The normalized spacial score (nSPS) is 12.9. The topological polar surface area (TPSA) is 55.8 Å². The molecule has 0 radical (unpaired) electrons. The monoisotopic (exact) mass is 699 g/mol. The minimum atomic E-state index is -0.552. The van der Waals surface area contributed by atoms with Crippen LogP contribution in [0.15, 0.2) is 60.8 Å². The summed E-state index contributed by atoms with van der Waals surface area (Å²) in [6, 6.07) is 0. The quantitative estimate of drug-likeness (QED) is 0.0394. The molecule has 0 fully saturated rings. The van der Waals surface area contributed by atoms with Crippen LogP contribution in [0.25, 0.3) is 0 Å². The van der Waals surface area contributed by atoms with Gasteiger partial charge in [-0.05, 0) is 57.8 Å². The number of hydrogen-bond donors (Lipinski definition) is 1. The first kappa shape index (κ1) is 48.1. The largest absolute Gasteiger partial charge is 0.457 e. The van der Waals surface area contributed by atoms with E-state index in [1.165, 1.54) is 116 Å². The molecule has 0 aromatic carbocycles. The molecule has 0 aromatic heterocycles. The average Bonchev–Trinajstić information content (AvgIpc) is 3.12. The summed E-state index contributed by atoms with van der Waals surface area (Å²) in [5.41, 5.74) is 0. The van der Waals surface area contributed by atoms with E-state index in [9.17, 15) is 9.90 Å². The molecule has 1 unspecified atom stereocenters. The lowest BCUT2D eigenvalue weighted by molar-refractivity contribution is -0.154. The second-order valence-corrected chi connectivity index (χ2v) is 14.0. The molecule has 0 heterocycles. The molecular weight excluding hydrogens is 617 g/mol. The number of allylic oxidation sites excluding steroid dienone is 10. The zero-order valence-corrected chi connectivity index (χ0v) is 33.2. The summed E-state index contributed by atoms with van der Waals surface area (Å²) in [5.74, 6) is -0.231. The highest BCUT2D eigenvalue weighted by Crippen LogP contribution is 2.15. The number of ether oxygens (including phenoxy) is 2. The van der Waals surface area contributed by atoms with Crippen LogP contribution >= 0.6 is 0 Å². The van der Waals surface area contributed by atoms with Crippen LogP contribution in [0.4, 0.5) is 0 Å². The van der Waals surface area contributed by atoms with Crippen molar-refractivity contribution in [1.82, 2.24) is 0 Å². The summed E-state index contributed by atoms with van der Waals surface area (Å²) in [4.78, 5) is 12.2. The van der Waals surface area contributed by atoms with Gasteiger partial charge in [-0.15, -0.1) is 0 Å². The summed E-state index contributed by atoms with van der Waals surface area (Å²) in [5, 5.41) is 9.60. The number of rotatable bonds is 39. The number of unbranched alkanes of at least 4 members (excludes halogenated alkanes) is 21. The average molecular weight is 699 g/mol. The summed E-state index contributed by atoms with van der Waals surface area (Å²) < 4.78 is 11.1. The second kappa shape index (κ2) is 43.3. The minimum absolute atomic E-state index is 0.186. The molecule has 0 saturated heterocycles. The van der Waals surface area contributed by atoms with Crippen molar-refractivity contribution in [2.45, 2.75) is 206 Å². The molecule has 1 N–H and O–H groups in total. The van der Waals surface area contributed by atoms with Crippen molar-refractivity contribution in [2.75, 3.05) is 19.8 Å². The van der Waals surface area contributed by atoms with Gasteiger partial charge in [-0.25, -0.2) is 0 Å². The highest BCUT2D eigenvalue weighted by molar-refractivity contribution is 5.69. The predicted molar refractivity (Wildman–Crippen MR) is 219 cm³/mol. The van der Waals surface area contributed by atoms with E-state index in [4.69, 9.17) is 9.47 Å². The molecule has 0 saturated carbocycles. The minimum Gasteiger partial charge on any atom is -0.457 e. The van der Waals surface area contributed by atoms with Crippen LogP contribution in [0.2, 0.25) is 0 Å². The molecule has 4 nitrogen and oxygen atoms in total. The molecule has 1 atom stereocenters. The Morgan fingerprint density at radius 1 is 0.500 bits per heavy atom. The van der Waals surface area contributed by atoms with E-state index in [0.717, 1.165) is 64.2 Å². The van der Waals surface area contributed by atoms with Gasteiger partial charge in [0.25, 0.3) is 0 Å². The van der Waals surface area contributed by atoms with Crippen LogP contribution < -0.4 is 0 Å². The van der Waals surface area contributed by atoms with Crippen LogP contribution in [0.3, 0.4) is 0 Å². The lowest BCUT2D eigenvalue weighted by Crippen LogP contribution is -2.27. The summed E-state index contributed by atoms with van der Waals surface area (Å²) in [7, 11) is 0. The Morgan fingerprint density at radius 3 is 1.34 bits per heavy atom. The van der Waals surface area contributed by atoms with Crippen molar-refractivity contribution in [3.05, 3.63) is 60.8 Å². The zero-order valence-electron chi connectivity index (χ0n) is 33.2. The van der Waals surface area contributed by atoms with Crippen LogP contribution in [0.1, 0.15) is 200 Å². The standard InChI is InChI=1S/C46H82O4/c1-3-5-7-9-11-13-15-17-19-21-23-25-27-29-31-33-35-37-39-41-46(48)50-45(43-47)44-49-42-40-38-36-34-32-30-28-26-24-22-20-18-16-14-12-10-8-6-4-2/h5,7,11,13,17,19,23,25,29,31,45,47H,3-4,6,8-10,12,14-16,18,20-22,24,26-28,30,32-44H2,1-2H3/b7-5-,13-11-,19-17-,25-23-,31-29-. The highest BCUT2D eigenvalue weighted by atomic mass is 16.6. The summed E-state index contributed by atoms with van der Waals surface area (Å²) in [6.07, 6.45) is 57.1. The van der Waals surface area contributed by atoms with Crippen molar-refractivity contribution < 1.29 is 19.4 Å². The number of aliphatic hydroxyl groups excluding tert-OH is 1. The van der Waals surface area contributed by atoms with Crippen molar-refractivity contribution in [1.29, 1.82) is 0 Å². The van der Waals surface area contributed by atoms with Crippen LogP contribution in [-0.2, 0) is 14.3 Å². The Bertz CT molecular complexity index is 824. The van der Waals surface area contributed by atoms with Crippen LogP contribution in [-0.4, -0.2) is 37.0 Å². The van der Waals surface area contributed by atoms with Crippen molar-refractivity contribution in [3.8, 4) is 0 Å². The summed E-state index contributed by atoms with van der Waals surface area (Å²) >= 11 is 0. The lowest BCUT2D eigenvalue weighted by Gasteiger charge is -2.15. The van der Waals surface area contributed by atoms with Gasteiger partial charge >= 0.3 is 5.97 Å². The Hall–Kier alpha value is -1.91. The number of hydrogen-bond acceptors (Lipinski definition) is 4. The Morgan fingerprint density at radius 2 is 0.900 bits per heavy atom. The van der Waals surface area contributed by atoms with Gasteiger partial charge in [0.2, 0.25) is 0 Å². The Balaban J connectivity index is 3.49. The van der Waals surface area contributed by atoms with Gasteiger partial charge < -0.3 is 14.6 Å². The molecule has 0 spiro atoms. The van der Waals surface area contributed by atoms with Crippen molar-refractivity contribution in [2.24, 2.45) is 0 Å². The maximum atomic E-state index is 12.2. The SMILES string of the molecule is CC/C=C\C/C=C\C/C=C\C/C=C\C/C=C\CCCCCC(=O)OC(CO)COCCCCCCCCCCCCCCCCCCCCC. The maximum Gasteiger partial charge on any atom is 0.306 e. The number of aliphatic hydroxyl groups is 1. The molecular formula is C46H82O4. The predicted octanol–water partition coefficient (Wildman–Crippen LogP) is 14.0. The van der Waals surface area contributed by atoms with Gasteiger partial charge in [-0.1, -0.05) is 197 Å². The molecule has 0 aliphatic carbocycles. The molecule has 0 aromatic rings. The fourth-order valence-corrected chi connectivity index (χ4v) is 5.94. The van der Waals surface area contributed by atoms with E-state index < -0.39 is 6.10 Å². The molecule has 50 heavy (non-hydrogen) atoms. The molecule has 0 aliphatic heterocycles. The smallest absolute Gasteiger partial charge is 0.306 e. The first-order chi connectivity index (χ1) is 24.7. The fourth-order valence-electron chi connectivity index (χ4n) is 5.94. The zero-order chi connectivity index (χ0) is 36.3. The second-order valence-electron chi connectivity index (χ2n) is 14.0. The lowest BCUT2D eigenvalue weighted by atomic mass is 10.0. The molecule has 290 valence electrons. The van der Waals surface area contributed by atoms with E-state index in [1.54, 1.807) is 0 Å². The Kier molecular flexibility index (Phi) is 41.6. The van der Waals surface area contributed by atoms with E-state index in [-0.39, 0.29) is 19.2 Å². The molecule has 0 aliphatic rings. The Labute approximate surface area is 311 Å². The number of esters is 1. The van der Waals surface area contributed by atoms with E-state index >= 15 is 0 Å². The summed E-state index contributed by atoms with van der Waals surface area (Å²) in [6.45, 7) is 5.21. The van der Waals surface area contributed by atoms with Crippen LogP contribution in [0.5, 0.6) is 0 Å². The molecule has 0 bridgehead atoms. The van der Waals surface area contributed by atoms with Gasteiger partial charge in [-0.2, -0.15) is 0 Å². The van der Waals surface area contributed by atoms with E-state index in [2.05, 4.69) is 74.6 Å². The van der Waals surface area contributed by atoms with Gasteiger partial charge in [0.05, 0.1) is 13.2 Å². The van der Waals surface area contributed by atoms with Crippen molar-refractivity contribution in [3.63, 3.8) is 0 Å². The van der Waals surface area contributed by atoms with E-state index in [0.29, 0.717) is 13.0 Å². The van der Waals surface area contributed by atoms with Gasteiger partial charge in [0, 0.05) is 13.0 Å². The number of carbonyl (C=O) groups is 1. The fraction of sp³-hybridized carbons (Fsp3) is 0.761. The highest BCUT2D eigenvalue weighted by Gasteiger charge is 2.13. The third-order valence-corrected chi connectivity index (χ3v) is 9.11. The van der Waals surface area contributed by atoms with Gasteiger partial charge in [0.1, 0.15) is 6.10 Å². The van der Waals surface area contributed by atoms with Crippen molar-refractivity contribution >= 4 is 5.97 Å². The van der Waals surface area contributed by atoms with Crippen LogP contribution in [0, 0.1) is 0 Å². The first-order valence-corrected chi connectivity index (χ1v) is 21.4. The third kappa shape index (κ3) is 40.5. The van der Waals surface area contributed by atoms with Gasteiger partial charge in [-0.3, -0.25) is 4.79 Å². The molecule has 0 rings (SSSR count). The number of carbonyl (C=O) groups excluding carboxylic acids is 1.